The second-order valence-electron chi connectivity index (χ2n) is 2.77. The van der Waals surface area contributed by atoms with Crippen LogP contribution in [-0.2, 0) is 4.74 Å². The maximum Gasteiger partial charge on any atom is 0.419 e. The Hall–Kier alpha value is -0.310. The Morgan fingerprint density at radius 2 is 1.40 bits per heavy atom. The van der Waals surface area contributed by atoms with Crippen LogP contribution < -0.4 is 0 Å². The summed E-state index contributed by atoms with van der Waals surface area (Å²) in [5, 5.41) is 0. The largest absolute Gasteiger partial charge is 0.419 e. The van der Waals surface area contributed by atoms with Crippen molar-refractivity contribution in [1.29, 1.82) is 0 Å². The van der Waals surface area contributed by atoms with E-state index >= 15 is 0 Å². The Morgan fingerprint density at radius 1 is 1.00 bits per heavy atom. The first-order valence-electron chi connectivity index (χ1n) is 3.22. The van der Waals surface area contributed by atoms with Crippen LogP contribution in [-0.4, -0.2) is 29.4 Å². The minimum atomic E-state index is -5.93. The van der Waals surface area contributed by atoms with E-state index in [4.69, 9.17) is 0 Å². The monoisotopic (exact) mass is 264 g/mol. The molecule has 0 unspecified atom stereocenters. The highest BCUT2D eigenvalue weighted by Crippen LogP contribution is 2.62. The molecule has 0 spiro atoms. The summed E-state index contributed by atoms with van der Waals surface area (Å²) in [6.07, 6.45) is -20.4. The van der Waals surface area contributed by atoms with Crippen molar-refractivity contribution in [2.75, 3.05) is 0 Å². The molecule has 15 heavy (non-hydrogen) atoms. The second-order valence-corrected chi connectivity index (χ2v) is 3.36. The van der Waals surface area contributed by atoms with E-state index < -0.39 is 29.4 Å². The average Bonchev–Trinajstić information content (AvgIpc) is 1.95. The molecule has 1 saturated heterocycles. The summed E-state index contributed by atoms with van der Waals surface area (Å²) in [7, 11) is 0. The Morgan fingerprint density at radius 3 is 1.53 bits per heavy atom. The second kappa shape index (κ2) is 2.88. The fourth-order valence-corrected chi connectivity index (χ4v) is 1.23. The summed E-state index contributed by atoms with van der Waals surface area (Å²) >= 11 is 4.31. The number of halogens is 9. The Bertz CT molecular complexity index is 257. The van der Waals surface area contributed by atoms with Gasteiger partial charge in [0.05, 0.1) is 0 Å². The topological polar surface area (TPSA) is 9.23 Å². The van der Waals surface area contributed by atoms with Gasteiger partial charge in [-0.15, -0.1) is 0 Å². The third-order valence-corrected chi connectivity index (χ3v) is 2.39. The van der Waals surface area contributed by atoms with Crippen LogP contribution in [0.2, 0.25) is 0 Å². The smallest absolute Gasteiger partial charge is 0.303 e. The molecular formula is C5HClF8O. The third-order valence-electron chi connectivity index (χ3n) is 1.76. The summed E-state index contributed by atoms with van der Waals surface area (Å²) in [5.74, 6) is 0. The van der Waals surface area contributed by atoms with Gasteiger partial charge in [0, 0.05) is 0 Å². The first-order valence-corrected chi connectivity index (χ1v) is 3.60. The predicted octanol–water partition coefficient (Wildman–Crippen LogP) is 3.08. The molecule has 1 aliphatic rings. The number of rotatable bonds is 0. The van der Waals surface area contributed by atoms with Gasteiger partial charge in [-0.05, 0) is 0 Å². The van der Waals surface area contributed by atoms with Crippen molar-refractivity contribution in [3.8, 4) is 0 Å². The Balaban J connectivity index is 3.11. The van der Waals surface area contributed by atoms with Crippen molar-refractivity contribution in [2.24, 2.45) is 0 Å². The van der Waals surface area contributed by atoms with Crippen molar-refractivity contribution in [2.45, 2.75) is 29.4 Å². The summed E-state index contributed by atoms with van der Waals surface area (Å²) in [4.78, 5) is -4.75. The lowest BCUT2D eigenvalue weighted by atomic mass is 9.92. The summed E-state index contributed by atoms with van der Waals surface area (Å²) in [6.45, 7) is 0. The molecule has 10 heteroatoms. The minimum Gasteiger partial charge on any atom is -0.303 e. The van der Waals surface area contributed by atoms with Gasteiger partial charge in [0.2, 0.25) is 0 Å². The SMILES string of the molecule is FC(F)(F)[C@H]1OC(F)(F)[C@]1(Cl)C(F)(F)F. The van der Waals surface area contributed by atoms with E-state index in [-0.39, 0.29) is 0 Å². The number of ether oxygens (including phenoxy) is 1. The number of hydrogen-bond donors (Lipinski definition) is 0. The molecule has 1 aliphatic heterocycles. The van der Waals surface area contributed by atoms with Crippen LogP contribution in [0.4, 0.5) is 35.1 Å². The van der Waals surface area contributed by atoms with Gasteiger partial charge < -0.3 is 4.74 Å². The molecule has 0 N–H and O–H groups in total. The van der Waals surface area contributed by atoms with E-state index in [9.17, 15) is 35.1 Å². The number of hydrogen-bond acceptors (Lipinski definition) is 1. The van der Waals surface area contributed by atoms with Gasteiger partial charge in [0.1, 0.15) is 0 Å². The molecular weight excluding hydrogens is 263 g/mol. The van der Waals surface area contributed by atoms with Crippen molar-refractivity contribution < 1.29 is 39.9 Å². The van der Waals surface area contributed by atoms with Gasteiger partial charge in [-0.3, -0.25) is 0 Å². The van der Waals surface area contributed by atoms with Gasteiger partial charge >= 0.3 is 18.5 Å². The maximum absolute atomic E-state index is 12.3. The minimum absolute atomic E-state index is 2.82. The highest BCUT2D eigenvalue weighted by Gasteiger charge is 2.87. The molecule has 0 bridgehead atoms. The quantitative estimate of drug-likeness (QED) is 0.483. The van der Waals surface area contributed by atoms with Gasteiger partial charge in [0.25, 0.3) is 4.87 Å². The van der Waals surface area contributed by atoms with Gasteiger partial charge in [-0.1, -0.05) is 11.6 Å². The van der Waals surface area contributed by atoms with E-state index in [0.29, 0.717) is 0 Å². The molecule has 0 aliphatic carbocycles. The fourth-order valence-electron chi connectivity index (χ4n) is 1.02. The van der Waals surface area contributed by atoms with Crippen LogP contribution in [0.25, 0.3) is 0 Å². The van der Waals surface area contributed by atoms with Gasteiger partial charge in [0.15, 0.2) is 6.10 Å². The lowest BCUT2D eigenvalue weighted by Gasteiger charge is -2.50. The molecule has 90 valence electrons. The predicted molar refractivity (Wildman–Crippen MR) is 30.5 cm³/mol. The third kappa shape index (κ3) is 1.55. The number of alkyl halides is 9. The Kier molecular flexibility index (Phi) is 2.45. The van der Waals surface area contributed by atoms with Crippen molar-refractivity contribution in [3.63, 3.8) is 0 Å². The highest BCUT2D eigenvalue weighted by molar-refractivity contribution is 6.26. The highest BCUT2D eigenvalue weighted by atomic mass is 35.5. The summed E-state index contributed by atoms with van der Waals surface area (Å²) in [5.41, 5.74) is 0. The zero-order chi connectivity index (χ0) is 12.3. The molecule has 0 saturated carbocycles. The fraction of sp³-hybridized carbons (Fsp3) is 1.00. The summed E-state index contributed by atoms with van der Waals surface area (Å²) < 4.78 is 98.8. The van der Waals surface area contributed by atoms with Crippen LogP contribution in [0.15, 0.2) is 0 Å². The van der Waals surface area contributed by atoms with E-state index in [2.05, 4.69) is 16.3 Å². The normalized spacial score (nSPS) is 36.2. The lowest BCUT2D eigenvalue weighted by Crippen LogP contribution is -2.77. The van der Waals surface area contributed by atoms with Crippen molar-refractivity contribution in [1.82, 2.24) is 0 Å². The van der Waals surface area contributed by atoms with E-state index in [1.165, 1.54) is 0 Å². The van der Waals surface area contributed by atoms with Crippen molar-refractivity contribution >= 4 is 11.6 Å². The molecule has 1 rings (SSSR count). The average molecular weight is 264 g/mol. The zero-order valence-corrected chi connectivity index (χ0v) is 7.14. The van der Waals surface area contributed by atoms with Crippen LogP contribution in [0.3, 0.4) is 0 Å². The van der Waals surface area contributed by atoms with E-state index in [1.807, 2.05) is 0 Å². The van der Waals surface area contributed by atoms with Crippen LogP contribution in [0.5, 0.6) is 0 Å². The molecule has 1 heterocycles. The first-order chi connectivity index (χ1) is 6.34. The zero-order valence-electron chi connectivity index (χ0n) is 6.39. The Labute approximate surface area is 81.9 Å². The van der Waals surface area contributed by atoms with Crippen LogP contribution in [0, 0.1) is 0 Å². The molecule has 0 aromatic rings. The van der Waals surface area contributed by atoms with Crippen LogP contribution >= 0.6 is 11.6 Å². The molecule has 0 aromatic carbocycles. The maximum atomic E-state index is 12.3. The molecule has 2 atom stereocenters. The molecule has 0 aromatic heterocycles. The molecule has 0 radical (unpaired) electrons. The van der Waals surface area contributed by atoms with Crippen molar-refractivity contribution in [3.05, 3.63) is 0 Å². The van der Waals surface area contributed by atoms with Gasteiger partial charge in [-0.2, -0.15) is 35.1 Å². The van der Waals surface area contributed by atoms with Gasteiger partial charge in [-0.25, -0.2) is 0 Å². The lowest BCUT2D eigenvalue weighted by molar-refractivity contribution is -0.471. The van der Waals surface area contributed by atoms with E-state index in [0.717, 1.165) is 0 Å². The molecule has 0 amide bonds. The van der Waals surface area contributed by atoms with Crippen LogP contribution in [0.1, 0.15) is 0 Å². The first kappa shape index (κ1) is 12.8. The summed E-state index contributed by atoms with van der Waals surface area (Å²) in [6, 6.07) is 0. The molecule has 1 nitrogen and oxygen atoms in total. The van der Waals surface area contributed by atoms with E-state index in [1.54, 1.807) is 0 Å². The standard InChI is InChI=1S/C5HClF8O/c6-2(4(10,11)12)1(3(7,8)9)15-5(2,13)14/h1H/t1-,2+/m0/s1. The molecule has 1 fully saturated rings.